The van der Waals surface area contributed by atoms with Crippen LogP contribution >= 0.6 is 11.6 Å². The van der Waals surface area contributed by atoms with Gasteiger partial charge < -0.3 is 10.6 Å². The molecule has 2 N–H and O–H groups in total. The smallest absolute Gasteiger partial charge is 0.255 e. The monoisotopic (exact) mass is 453 g/mol. The second-order valence-electron chi connectivity index (χ2n) is 9.06. The maximum absolute atomic E-state index is 12.6. The van der Waals surface area contributed by atoms with Crippen LogP contribution in [0, 0.1) is 5.92 Å². The number of anilines is 1. The zero-order valence-electron chi connectivity index (χ0n) is 18.5. The van der Waals surface area contributed by atoms with Gasteiger partial charge in [-0.05, 0) is 80.7 Å². The van der Waals surface area contributed by atoms with Crippen LogP contribution in [-0.4, -0.2) is 35.8 Å². The van der Waals surface area contributed by atoms with Crippen molar-refractivity contribution in [2.45, 2.75) is 57.5 Å². The standard InChI is InChI=1S/C26H32ClN3O2/c27-22-11-9-20(10-12-22)25(31)29-24-8-4-5-19(17-24)18-30-15-13-21(14-16-30)26(32)28-23-6-2-1-3-7-23/h4-5,8-12,17,21,23H,1-3,6-7,13-16,18H2,(H,28,32)(H,29,31). The fourth-order valence-corrected chi connectivity index (χ4v) is 4.86. The molecule has 1 aliphatic heterocycles. The van der Waals surface area contributed by atoms with Crippen molar-refractivity contribution in [3.05, 3.63) is 64.7 Å². The first kappa shape index (κ1) is 22.8. The number of hydrogen-bond acceptors (Lipinski definition) is 3. The summed E-state index contributed by atoms with van der Waals surface area (Å²) in [5, 5.41) is 6.86. The van der Waals surface area contributed by atoms with Gasteiger partial charge in [0.1, 0.15) is 0 Å². The SMILES string of the molecule is O=C(Nc1cccc(CN2CCC(C(=O)NC3CCCCC3)CC2)c1)c1ccc(Cl)cc1. The average molecular weight is 454 g/mol. The van der Waals surface area contributed by atoms with Crippen molar-refractivity contribution in [2.75, 3.05) is 18.4 Å². The molecule has 2 aromatic carbocycles. The van der Waals surface area contributed by atoms with E-state index in [1.165, 1.54) is 19.3 Å². The summed E-state index contributed by atoms with van der Waals surface area (Å²) in [6.45, 7) is 2.66. The lowest BCUT2D eigenvalue weighted by atomic mass is 9.92. The molecule has 0 spiro atoms. The summed E-state index contributed by atoms with van der Waals surface area (Å²) in [7, 11) is 0. The Labute approximate surface area is 195 Å². The van der Waals surface area contributed by atoms with Gasteiger partial charge in [-0.3, -0.25) is 14.5 Å². The quantitative estimate of drug-likeness (QED) is 0.627. The molecule has 0 unspecified atom stereocenters. The minimum absolute atomic E-state index is 0.137. The molecule has 2 aromatic rings. The topological polar surface area (TPSA) is 61.4 Å². The molecule has 1 heterocycles. The van der Waals surface area contributed by atoms with Gasteiger partial charge in [0.25, 0.3) is 5.91 Å². The lowest BCUT2D eigenvalue weighted by Crippen LogP contribution is -2.44. The molecule has 1 aliphatic carbocycles. The van der Waals surface area contributed by atoms with Crippen LogP contribution in [-0.2, 0) is 11.3 Å². The third-order valence-electron chi connectivity index (χ3n) is 6.61. The van der Waals surface area contributed by atoms with Crippen LogP contribution < -0.4 is 10.6 Å². The van der Waals surface area contributed by atoms with E-state index in [4.69, 9.17) is 11.6 Å². The summed E-state index contributed by atoms with van der Waals surface area (Å²) in [6.07, 6.45) is 7.87. The lowest BCUT2D eigenvalue weighted by Gasteiger charge is -2.32. The molecule has 1 saturated carbocycles. The lowest BCUT2D eigenvalue weighted by molar-refractivity contribution is -0.127. The average Bonchev–Trinajstić information content (AvgIpc) is 2.81. The number of benzene rings is 2. The van der Waals surface area contributed by atoms with E-state index in [0.29, 0.717) is 16.6 Å². The van der Waals surface area contributed by atoms with Gasteiger partial charge in [0.15, 0.2) is 0 Å². The maximum atomic E-state index is 12.6. The van der Waals surface area contributed by atoms with E-state index in [9.17, 15) is 9.59 Å². The highest BCUT2D eigenvalue weighted by Crippen LogP contribution is 2.23. The molecule has 4 rings (SSSR count). The number of piperidine rings is 1. The van der Waals surface area contributed by atoms with E-state index in [1.807, 2.05) is 18.2 Å². The van der Waals surface area contributed by atoms with Crippen molar-refractivity contribution in [3.63, 3.8) is 0 Å². The Morgan fingerprint density at radius 2 is 1.66 bits per heavy atom. The van der Waals surface area contributed by atoms with Gasteiger partial charge >= 0.3 is 0 Å². The normalized spacial score (nSPS) is 18.3. The minimum atomic E-state index is -0.149. The summed E-state index contributed by atoms with van der Waals surface area (Å²) in [4.78, 5) is 27.5. The number of halogens is 1. The van der Waals surface area contributed by atoms with E-state index in [0.717, 1.165) is 56.6 Å². The number of carbonyl (C=O) groups is 2. The van der Waals surface area contributed by atoms with Crippen LogP contribution in [0.4, 0.5) is 5.69 Å². The minimum Gasteiger partial charge on any atom is -0.353 e. The van der Waals surface area contributed by atoms with Crippen LogP contribution in [0.1, 0.15) is 60.9 Å². The van der Waals surface area contributed by atoms with Crippen LogP contribution in [0.2, 0.25) is 5.02 Å². The number of amides is 2. The van der Waals surface area contributed by atoms with Crippen molar-refractivity contribution in [1.82, 2.24) is 10.2 Å². The molecule has 0 bridgehead atoms. The Balaban J connectivity index is 1.25. The Morgan fingerprint density at radius 1 is 0.938 bits per heavy atom. The second-order valence-corrected chi connectivity index (χ2v) is 9.49. The first-order valence-corrected chi connectivity index (χ1v) is 12.1. The highest BCUT2D eigenvalue weighted by atomic mass is 35.5. The molecule has 2 amide bonds. The fraction of sp³-hybridized carbons (Fsp3) is 0.462. The predicted molar refractivity (Wildman–Crippen MR) is 129 cm³/mol. The van der Waals surface area contributed by atoms with Gasteiger partial charge in [0, 0.05) is 34.8 Å². The van der Waals surface area contributed by atoms with Gasteiger partial charge in [-0.25, -0.2) is 0 Å². The molecule has 170 valence electrons. The second kappa shape index (κ2) is 11.0. The van der Waals surface area contributed by atoms with E-state index in [2.05, 4.69) is 21.6 Å². The van der Waals surface area contributed by atoms with Gasteiger partial charge in [-0.1, -0.05) is 43.0 Å². The molecular weight excluding hydrogens is 422 g/mol. The van der Waals surface area contributed by atoms with Crippen molar-refractivity contribution in [2.24, 2.45) is 5.92 Å². The number of nitrogens with zero attached hydrogens (tertiary/aromatic N) is 1. The maximum Gasteiger partial charge on any atom is 0.255 e. The molecule has 2 aliphatic rings. The highest BCUT2D eigenvalue weighted by Gasteiger charge is 2.27. The molecule has 2 fully saturated rings. The zero-order chi connectivity index (χ0) is 22.3. The van der Waals surface area contributed by atoms with Gasteiger partial charge in [-0.2, -0.15) is 0 Å². The summed E-state index contributed by atoms with van der Waals surface area (Å²) >= 11 is 5.90. The van der Waals surface area contributed by atoms with Crippen molar-refractivity contribution >= 4 is 29.1 Å². The van der Waals surface area contributed by atoms with Crippen molar-refractivity contribution in [1.29, 1.82) is 0 Å². The van der Waals surface area contributed by atoms with Gasteiger partial charge in [0.2, 0.25) is 5.91 Å². The van der Waals surface area contributed by atoms with Crippen LogP contribution in [0.3, 0.4) is 0 Å². The van der Waals surface area contributed by atoms with Crippen molar-refractivity contribution < 1.29 is 9.59 Å². The van der Waals surface area contributed by atoms with Gasteiger partial charge in [0.05, 0.1) is 0 Å². The van der Waals surface area contributed by atoms with Crippen LogP contribution in [0.25, 0.3) is 0 Å². The fourth-order valence-electron chi connectivity index (χ4n) is 4.73. The van der Waals surface area contributed by atoms with E-state index >= 15 is 0 Å². The Morgan fingerprint density at radius 3 is 2.38 bits per heavy atom. The Kier molecular flexibility index (Phi) is 7.82. The Hall–Kier alpha value is -2.37. The van der Waals surface area contributed by atoms with Crippen molar-refractivity contribution in [3.8, 4) is 0 Å². The molecule has 0 aromatic heterocycles. The molecule has 6 heteroatoms. The number of nitrogens with one attached hydrogen (secondary N) is 2. The summed E-state index contributed by atoms with van der Waals surface area (Å²) in [6, 6.07) is 15.2. The molecular formula is C26H32ClN3O2. The summed E-state index contributed by atoms with van der Waals surface area (Å²) in [5.74, 6) is 0.241. The van der Waals surface area contributed by atoms with E-state index < -0.39 is 0 Å². The van der Waals surface area contributed by atoms with E-state index in [-0.39, 0.29) is 17.7 Å². The molecule has 0 radical (unpaired) electrons. The van der Waals surface area contributed by atoms with Crippen LogP contribution in [0.15, 0.2) is 48.5 Å². The number of hydrogen-bond donors (Lipinski definition) is 2. The highest BCUT2D eigenvalue weighted by molar-refractivity contribution is 6.30. The predicted octanol–water partition coefficient (Wildman–Crippen LogP) is 5.25. The zero-order valence-corrected chi connectivity index (χ0v) is 19.2. The summed E-state index contributed by atoms with van der Waals surface area (Å²) < 4.78 is 0. The van der Waals surface area contributed by atoms with E-state index in [1.54, 1.807) is 24.3 Å². The third kappa shape index (κ3) is 6.33. The van der Waals surface area contributed by atoms with Gasteiger partial charge in [-0.15, -0.1) is 0 Å². The summed E-state index contributed by atoms with van der Waals surface area (Å²) in [5.41, 5.74) is 2.52. The largest absolute Gasteiger partial charge is 0.353 e. The molecule has 0 atom stereocenters. The molecule has 5 nitrogen and oxygen atoms in total. The number of rotatable bonds is 6. The molecule has 32 heavy (non-hydrogen) atoms. The van der Waals surface area contributed by atoms with Crippen LogP contribution in [0.5, 0.6) is 0 Å². The Bertz CT molecular complexity index is 917. The first-order chi connectivity index (χ1) is 15.6. The number of likely N-dealkylation sites (tertiary alicyclic amines) is 1. The third-order valence-corrected chi connectivity index (χ3v) is 6.86. The molecule has 1 saturated heterocycles. The number of carbonyl (C=O) groups excluding carboxylic acids is 2. The first-order valence-electron chi connectivity index (χ1n) is 11.8.